The molecule has 1 aromatic carbocycles. The Morgan fingerprint density at radius 2 is 1.52 bits per heavy atom. The summed E-state index contributed by atoms with van der Waals surface area (Å²) in [6, 6.07) is 8.24. The van der Waals surface area contributed by atoms with E-state index in [-0.39, 0.29) is 59.2 Å². The SMILES string of the molecule is CCCO[C@H](C[C@H](C(C)C)N(CCC)C(=O)[C@@H](NC(=O)[C@@H](NC)[C@@H](C)CC)[C@@H](C)CC)c1nc(C(=O)NC(Cc2ccccc2)C[C@H](C)C(=O)OC)cs1. The molecule has 1 aromatic heterocycles. The molecule has 12 heteroatoms. The van der Waals surface area contributed by atoms with Gasteiger partial charge in [0.1, 0.15) is 22.8 Å². The third-order valence-electron chi connectivity index (χ3n) is 10.4. The zero-order chi connectivity index (χ0) is 40.4. The Labute approximate surface area is 329 Å². The van der Waals surface area contributed by atoms with Crippen LogP contribution in [0.15, 0.2) is 35.7 Å². The van der Waals surface area contributed by atoms with E-state index in [0.29, 0.717) is 37.4 Å². The monoisotopic (exact) mass is 771 g/mol. The summed E-state index contributed by atoms with van der Waals surface area (Å²) in [7, 11) is 3.16. The molecule has 0 aliphatic rings. The molecule has 0 fully saturated rings. The van der Waals surface area contributed by atoms with Gasteiger partial charge in [-0.1, -0.05) is 105 Å². The third kappa shape index (κ3) is 14.1. The Morgan fingerprint density at radius 3 is 2.07 bits per heavy atom. The number of ether oxygens (including phenoxy) is 2. The van der Waals surface area contributed by atoms with Gasteiger partial charge in [-0.05, 0) is 56.0 Å². The van der Waals surface area contributed by atoms with Crippen LogP contribution in [-0.2, 0) is 30.3 Å². The van der Waals surface area contributed by atoms with Crippen LogP contribution in [-0.4, -0.2) is 85.1 Å². The highest BCUT2D eigenvalue weighted by atomic mass is 32.1. The predicted molar refractivity (Wildman–Crippen MR) is 217 cm³/mol. The molecule has 1 unspecified atom stereocenters. The predicted octanol–water partition coefficient (Wildman–Crippen LogP) is 6.97. The normalized spacial score (nSPS) is 16.0. The number of benzene rings is 1. The highest BCUT2D eigenvalue weighted by Gasteiger charge is 2.38. The van der Waals surface area contributed by atoms with Crippen molar-refractivity contribution in [2.75, 3.05) is 27.3 Å². The van der Waals surface area contributed by atoms with Gasteiger partial charge >= 0.3 is 5.97 Å². The van der Waals surface area contributed by atoms with Crippen molar-refractivity contribution in [3.8, 4) is 0 Å². The van der Waals surface area contributed by atoms with Crippen molar-refractivity contribution in [3.63, 3.8) is 0 Å². The van der Waals surface area contributed by atoms with E-state index in [1.807, 2.05) is 62.9 Å². The van der Waals surface area contributed by atoms with Crippen molar-refractivity contribution >= 4 is 35.0 Å². The second kappa shape index (κ2) is 24.2. The van der Waals surface area contributed by atoms with Gasteiger partial charge in [-0.3, -0.25) is 19.2 Å². The fourth-order valence-electron chi connectivity index (χ4n) is 6.79. The summed E-state index contributed by atoms with van der Waals surface area (Å²) >= 11 is 1.37. The van der Waals surface area contributed by atoms with Crippen molar-refractivity contribution in [3.05, 3.63) is 52.0 Å². The summed E-state index contributed by atoms with van der Waals surface area (Å²) < 4.78 is 11.4. The lowest BCUT2D eigenvalue weighted by Crippen LogP contribution is -2.59. The van der Waals surface area contributed by atoms with Crippen LogP contribution < -0.4 is 16.0 Å². The number of aromatic nitrogens is 1. The zero-order valence-electron chi connectivity index (χ0n) is 34.8. The molecule has 0 aliphatic carbocycles. The van der Waals surface area contributed by atoms with Gasteiger partial charge in [-0.2, -0.15) is 0 Å². The number of methoxy groups -OCH3 is 1. The first kappa shape index (κ1) is 46.8. The molecule has 2 rings (SSSR count). The van der Waals surface area contributed by atoms with Gasteiger partial charge in [0.05, 0.1) is 19.1 Å². The van der Waals surface area contributed by atoms with Crippen LogP contribution in [0.3, 0.4) is 0 Å². The Kier molecular flexibility index (Phi) is 21.0. The molecule has 0 saturated carbocycles. The molecular weight excluding hydrogens is 703 g/mol. The summed E-state index contributed by atoms with van der Waals surface area (Å²) in [5.41, 5.74) is 1.33. The number of carbonyl (C=O) groups is 4. The number of esters is 1. The molecular formula is C42H69N5O6S. The molecule has 11 nitrogen and oxygen atoms in total. The summed E-state index contributed by atoms with van der Waals surface area (Å²) in [6.07, 6.45) is 4.11. The molecule has 8 atom stereocenters. The Morgan fingerprint density at radius 1 is 0.870 bits per heavy atom. The van der Waals surface area contributed by atoms with Crippen LogP contribution in [0.5, 0.6) is 0 Å². The standard InChI is InChI=1S/C42H69N5O6S/c1-12-21-47(41(50)37(29(8)15-4)46-39(49)36(43-10)28(7)14-3)34(27(5)6)25-35(53-22-13-2)40-45-33(26-54-40)38(48)44-32(23-30(9)42(51)52-11)24-31-19-17-16-18-20-31/h16-20,26-30,32,34-37,43H,12-15,21-25H2,1-11H3,(H,44,48)(H,46,49)/t28-,29-,30-,32?,34+,35+,36-,37-/m0/s1. The van der Waals surface area contributed by atoms with E-state index in [4.69, 9.17) is 14.5 Å². The van der Waals surface area contributed by atoms with Gasteiger partial charge in [0.2, 0.25) is 11.8 Å². The number of rotatable bonds is 25. The number of hydrogen-bond donors (Lipinski definition) is 3. The van der Waals surface area contributed by atoms with Crippen molar-refractivity contribution < 1.29 is 28.7 Å². The zero-order valence-corrected chi connectivity index (χ0v) is 35.6. The van der Waals surface area contributed by atoms with E-state index >= 15 is 0 Å². The Hall–Kier alpha value is -3.35. The van der Waals surface area contributed by atoms with Gasteiger partial charge in [0.15, 0.2) is 0 Å². The van der Waals surface area contributed by atoms with E-state index in [2.05, 4.69) is 43.6 Å². The molecule has 3 amide bonds. The second-order valence-corrected chi connectivity index (χ2v) is 15.9. The minimum absolute atomic E-state index is 0.0726. The first-order chi connectivity index (χ1) is 25.8. The number of thiazole rings is 1. The molecule has 3 N–H and O–H groups in total. The number of amides is 3. The fraction of sp³-hybridized carbons (Fsp3) is 0.690. The van der Waals surface area contributed by atoms with Gasteiger partial charge in [0.25, 0.3) is 5.91 Å². The molecule has 0 saturated heterocycles. The van der Waals surface area contributed by atoms with Crippen LogP contribution in [0.25, 0.3) is 0 Å². The van der Waals surface area contributed by atoms with Crippen LogP contribution in [0.4, 0.5) is 0 Å². The van der Waals surface area contributed by atoms with E-state index in [1.165, 1.54) is 18.4 Å². The number of nitrogens with zero attached hydrogens (tertiary/aromatic N) is 2. The lowest BCUT2D eigenvalue weighted by molar-refractivity contribution is -0.145. The summed E-state index contributed by atoms with van der Waals surface area (Å²) in [5, 5.41) is 11.8. The lowest BCUT2D eigenvalue weighted by Gasteiger charge is -2.39. The minimum Gasteiger partial charge on any atom is -0.469 e. The van der Waals surface area contributed by atoms with Gasteiger partial charge in [0, 0.05) is 37.0 Å². The van der Waals surface area contributed by atoms with E-state index in [1.54, 1.807) is 19.4 Å². The summed E-state index contributed by atoms with van der Waals surface area (Å²) in [4.78, 5) is 60.9. The quantitative estimate of drug-likeness (QED) is 0.0921. The van der Waals surface area contributed by atoms with Gasteiger partial charge in [-0.25, -0.2) is 4.98 Å². The average Bonchev–Trinajstić information content (AvgIpc) is 3.66. The van der Waals surface area contributed by atoms with Crippen molar-refractivity contribution in [2.45, 2.75) is 138 Å². The van der Waals surface area contributed by atoms with Crippen molar-refractivity contribution in [1.82, 2.24) is 25.8 Å². The topological polar surface area (TPSA) is 139 Å². The maximum atomic E-state index is 14.6. The smallest absolute Gasteiger partial charge is 0.308 e. The Balaban J connectivity index is 2.41. The maximum absolute atomic E-state index is 14.6. The van der Waals surface area contributed by atoms with E-state index in [9.17, 15) is 19.2 Å². The van der Waals surface area contributed by atoms with Crippen LogP contribution in [0, 0.1) is 23.7 Å². The third-order valence-corrected chi connectivity index (χ3v) is 11.3. The van der Waals surface area contributed by atoms with E-state index in [0.717, 1.165) is 31.2 Å². The first-order valence-electron chi connectivity index (χ1n) is 20.0. The summed E-state index contributed by atoms with van der Waals surface area (Å²) in [5.74, 6) is -1.18. The second-order valence-electron chi connectivity index (χ2n) is 15.1. The fourth-order valence-corrected chi connectivity index (χ4v) is 7.65. The minimum atomic E-state index is -0.675. The maximum Gasteiger partial charge on any atom is 0.308 e. The Bertz CT molecular complexity index is 1420. The highest BCUT2D eigenvalue weighted by molar-refractivity contribution is 7.09. The number of carbonyl (C=O) groups excluding carboxylic acids is 4. The molecule has 0 aliphatic heterocycles. The molecule has 1 heterocycles. The van der Waals surface area contributed by atoms with E-state index < -0.39 is 24.1 Å². The molecule has 0 radical (unpaired) electrons. The van der Waals surface area contributed by atoms with Crippen LogP contribution >= 0.6 is 11.3 Å². The van der Waals surface area contributed by atoms with Crippen molar-refractivity contribution in [2.24, 2.45) is 23.7 Å². The molecule has 0 spiro atoms. The first-order valence-corrected chi connectivity index (χ1v) is 20.9. The molecule has 304 valence electrons. The largest absolute Gasteiger partial charge is 0.469 e. The number of likely N-dealkylation sites (N-methyl/N-ethyl adjacent to an activating group) is 1. The van der Waals surface area contributed by atoms with Crippen LogP contribution in [0.1, 0.15) is 128 Å². The number of nitrogens with one attached hydrogen (secondary N) is 3. The van der Waals surface area contributed by atoms with Crippen molar-refractivity contribution in [1.29, 1.82) is 0 Å². The van der Waals surface area contributed by atoms with Gasteiger partial charge < -0.3 is 30.3 Å². The average molecular weight is 772 g/mol. The number of hydrogen-bond acceptors (Lipinski definition) is 9. The van der Waals surface area contributed by atoms with Gasteiger partial charge in [-0.15, -0.1) is 11.3 Å². The van der Waals surface area contributed by atoms with Crippen LogP contribution in [0.2, 0.25) is 0 Å². The molecule has 0 bridgehead atoms. The molecule has 54 heavy (non-hydrogen) atoms. The highest BCUT2D eigenvalue weighted by Crippen LogP contribution is 2.32. The lowest BCUT2D eigenvalue weighted by atomic mass is 9.91. The molecule has 2 aromatic rings. The summed E-state index contributed by atoms with van der Waals surface area (Å²) in [6.45, 7) is 19.3.